The van der Waals surface area contributed by atoms with Crippen molar-refractivity contribution in [2.45, 2.75) is 55.2 Å². The van der Waals surface area contributed by atoms with Gasteiger partial charge in [-0.1, -0.05) is 0 Å². The molecule has 0 aromatic carbocycles. The van der Waals surface area contributed by atoms with Crippen molar-refractivity contribution < 1.29 is 48.0 Å². The number of anilines is 1. The van der Waals surface area contributed by atoms with Crippen LogP contribution in [0, 0.1) is 0 Å². The summed E-state index contributed by atoms with van der Waals surface area (Å²) in [4.78, 5) is 31.2. The topological polar surface area (TPSA) is 308 Å². The van der Waals surface area contributed by atoms with E-state index < -0.39 is 76.3 Å². The first-order valence-corrected chi connectivity index (χ1v) is 14.3. The van der Waals surface area contributed by atoms with Crippen molar-refractivity contribution in [2.75, 3.05) is 26.1 Å². The van der Waals surface area contributed by atoms with E-state index in [1.54, 1.807) is 0 Å². The fourth-order valence-electron chi connectivity index (χ4n) is 5.25. The number of nitrogens with one attached hydrogen (secondary N) is 1. The predicted octanol–water partition coefficient (Wildman–Crippen LogP) is -3.16. The second-order valence-corrected chi connectivity index (χ2v) is 11.3. The second-order valence-electron chi connectivity index (χ2n) is 9.89. The lowest BCUT2D eigenvalue weighted by atomic mass is 10.1. The van der Waals surface area contributed by atoms with Gasteiger partial charge in [-0.25, -0.2) is 24.5 Å². The lowest BCUT2D eigenvalue weighted by molar-refractivity contribution is -0.0620. The summed E-state index contributed by atoms with van der Waals surface area (Å²) in [5, 5.41) is 33.9. The number of nitrogens with zero attached hydrogens (tertiary/aromatic N) is 7. The van der Waals surface area contributed by atoms with E-state index in [9.17, 15) is 24.8 Å². The Morgan fingerprint density at radius 3 is 2.53 bits per heavy atom. The van der Waals surface area contributed by atoms with E-state index in [0.29, 0.717) is 5.69 Å². The predicted molar refractivity (Wildman–Crippen MR) is 142 cm³/mol. The Hall–Kier alpha value is -3.34. The lowest BCUT2D eigenvalue weighted by Gasteiger charge is -2.27. The van der Waals surface area contributed by atoms with Crippen molar-refractivity contribution in [1.29, 1.82) is 0 Å². The van der Waals surface area contributed by atoms with Crippen LogP contribution < -0.4 is 22.5 Å². The molecule has 3 aromatic heterocycles. The highest BCUT2D eigenvalue weighted by Crippen LogP contribution is 2.51. The minimum atomic E-state index is -4.95. The Morgan fingerprint density at radius 2 is 1.79 bits per heavy atom. The van der Waals surface area contributed by atoms with Crippen LogP contribution in [0.3, 0.4) is 0 Å². The van der Waals surface area contributed by atoms with Crippen LogP contribution in [0.1, 0.15) is 24.3 Å². The Kier molecular flexibility index (Phi) is 7.81. The molecule has 2 saturated heterocycles. The molecule has 10 atom stereocenters. The van der Waals surface area contributed by atoms with Gasteiger partial charge < -0.3 is 56.9 Å². The monoisotopic (exact) mass is 627 g/mol. The average Bonchev–Trinajstić information content (AvgIpc) is 3.72. The molecule has 2 unspecified atom stereocenters. The first-order chi connectivity index (χ1) is 20.5. The van der Waals surface area contributed by atoms with Gasteiger partial charge in [0.1, 0.15) is 60.3 Å². The molecule has 6 heterocycles. The van der Waals surface area contributed by atoms with Crippen LogP contribution in [0.5, 0.6) is 0 Å². The number of phosphoric acid groups is 1. The fraction of sp³-hybridized carbons (Fsp3) is 0.571. The van der Waals surface area contributed by atoms with Gasteiger partial charge in [0.25, 0.3) is 0 Å². The molecule has 22 heteroatoms. The number of fused-ring (bicyclic) bond motifs is 2. The zero-order valence-corrected chi connectivity index (χ0v) is 23.3. The first-order valence-electron chi connectivity index (χ1n) is 12.9. The van der Waals surface area contributed by atoms with Gasteiger partial charge in [0, 0.05) is 7.11 Å². The summed E-state index contributed by atoms with van der Waals surface area (Å²) < 4.78 is 43.7. The summed E-state index contributed by atoms with van der Waals surface area (Å²) in [6.45, 7) is -1.19. The lowest BCUT2D eigenvalue weighted by Crippen LogP contribution is -2.41. The number of guanidine groups is 1. The molecule has 11 N–H and O–H groups in total. The normalized spacial score (nSPS) is 33.7. The number of aliphatic imine (C=N–C) groups is 1. The summed E-state index contributed by atoms with van der Waals surface area (Å²) in [7, 11) is -3.64. The number of aliphatic hydroxyl groups excluding tert-OH is 3. The van der Waals surface area contributed by atoms with Crippen LogP contribution in [0.15, 0.2) is 24.0 Å². The number of nitrogens with two attached hydrogens (primary N) is 3. The Morgan fingerprint density at radius 1 is 1.05 bits per heavy atom. The van der Waals surface area contributed by atoms with Gasteiger partial charge in [-0.05, 0) is 0 Å². The number of imidazole rings is 2. The smallest absolute Gasteiger partial charge is 0.394 e. The van der Waals surface area contributed by atoms with Crippen molar-refractivity contribution in [3.63, 3.8) is 0 Å². The molecule has 6 rings (SSSR count). The van der Waals surface area contributed by atoms with E-state index in [4.69, 9.17) is 40.5 Å². The van der Waals surface area contributed by atoms with Crippen molar-refractivity contribution in [3.8, 4) is 0 Å². The summed E-state index contributed by atoms with van der Waals surface area (Å²) in [6, 6.07) is 0. The van der Waals surface area contributed by atoms with Gasteiger partial charge >= 0.3 is 7.82 Å². The van der Waals surface area contributed by atoms with Crippen LogP contribution in [-0.4, -0.2) is 112 Å². The quantitative estimate of drug-likeness (QED) is 0.108. The number of aromatic nitrogens is 6. The van der Waals surface area contributed by atoms with Crippen LogP contribution in [-0.2, 0) is 27.8 Å². The Labute approximate surface area is 241 Å². The molecule has 3 aliphatic rings. The van der Waals surface area contributed by atoms with Crippen LogP contribution in [0.2, 0.25) is 0 Å². The maximum absolute atomic E-state index is 13.2. The van der Waals surface area contributed by atoms with E-state index in [-0.39, 0.29) is 28.8 Å². The van der Waals surface area contributed by atoms with Crippen molar-refractivity contribution >= 4 is 36.6 Å². The average molecular weight is 628 g/mol. The summed E-state index contributed by atoms with van der Waals surface area (Å²) in [6.07, 6.45) is -6.97. The SMILES string of the molecule is CO[C@H]1[C@@H](OP(=O)(O)OC[C@H]2O[C@@H](n3cnc4c(N)ncnc43)[C@H](O)[C@@H]2O)[C@H](n2cnc3c2N=C(N)NC3N)O[C@@H]1CO. The molecular weight excluding hydrogens is 597 g/mol. The number of phosphoric ester groups is 1. The maximum atomic E-state index is 13.2. The van der Waals surface area contributed by atoms with Crippen LogP contribution >= 0.6 is 7.82 Å². The summed E-state index contributed by atoms with van der Waals surface area (Å²) >= 11 is 0. The molecular formula is C21H30N11O10P. The van der Waals surface area contributed by atoms with Gasteiger partial charge in [0.05, 0.1) is 25.9 Å². The van der Waals surface area contributed by atoms with Crippen molar-refractivity contribution in [2.24, 2.45) is 16.5 Å². The molecule has 3 aromatic rings. The van der Waals surface area contributed by atoms with E-state index in [1.807, 2.05) is 0 Å². The first kappa shape index (κ1) is 29.7. The van der Waals surface area contributed by atoms with Gasteiger partial charge in [-0.3, -0.25) is 18.2 Å². The van der Waals surface area contributed by atoms with Crippen molar-refractivity contribution in [1.82, 2.24) is 34.4 Å². The molecule has 0 saturated carbocycles. The highest BCUT2D eigenvalue weighted by molar-refractivity contribution is 7.47. The Bertz CT molecular complexity index is 1570. The molecule has 3 aliphatic heterocycles. The number of ether oxygens (including phenoxy) is 3. The number of aliphatic hydroxyl groups is 3. The largest absolute Gasteiger partial charge is 0.472 e. The minimum Gasteiger partial charge on any atom is -0.394 e. The Balaban J connectivity index is 1.19. The fourth-order valence-corrected chi connectivity index (χ4v) is 6.17. The molecule has 2 fully saturated rings. The molecule has 0 bridgehead atoms. The summed E-state index contributed by atoms with van der Waals surface area (Å²) in [5.41, 5.74) is 18.5. The van der Waals surface area contributed by atoms with Crippen LogP contribution in [0.4, 0.5) is 11.6 Å². The maximum Gasteiger partial charge on any atom is 0.472 e. The van der Waals surface area contributed by atoms with E-state index >= 15 is 0 Å². The molecule has 0 radical (unpaired) electrons. The van der Waals surface area contributed by atoms with Gasteiger partial charge in [-0.2, -0.15) is 4.99 Å². The zero-order valence-electron chi connectivity index (χ0n) is 22.4. The number of methoxy groups -OCH3 is 1. The van der Waals surface area contributed by atoms with Gasteiger partial charge in [0.15, 0.2) is 35.7 Å². The molecule has 0 aliphatic carbocycles. The third-order valence-corrected chi connectivity index (χ3v) is 8.27. The van der Waals surface area contributed by atoms with Crippen LogP contribution in [0.25, 0.3) is 11.2 Å². The summed E-state index contributed by atoms with van der Waals surface area (Å²) in [5.74, 6) is 0.310. The van der Waals surface area contributed by atoms with E-state index in [2.05, 4.69) is 30.2 Å². The third-order valence-electron chi connectivity index (χ3n) is 7.29. The number of hydrogen-bond acceptors (Lipinski definition) is 18. The van der Waals surface area contributed by atoms with Crippen molar-refractivity contribution in [3.05, 3.63) is 24.7 Å². The van der Waals surface area contributed by atoms with Gasteiger partial charge in [-0.15, -0.1) is 0 Å². The van der Waals surface area contributed by atoms with E-state index in [1.165, 1.54) is 35.2 Å². The standard InChI is InChI=1S/C21H30N11O10P/c1-38-13-7(2-33)40-20(32-6-28-10-16(23)29-21(24)30-18(10)32)14(13)42-43(36,37)39-3-8-11(34)12(35)19(41-8)31-5-27-9-15(22)25-4-26-17(9)31/h4-8,11-14,16,19-20,33-35H,2-3,23H2,1H3,(H,36,37)(H2,22,25,26)(H3,24,29,30)/t7-,8-,11-,12-,13-,14-,16?,19-,20-/m1/s1. The molecule has 21 nitrogen and oxygen atoms in total. The third kappa shape index (κ3) is 5.23. The second kappa shape index (κ2) is 11.3. The van der Waals surface area contributed by atoms with Gasteiger partial charge in [0.2, 0.25) is 0 Å². The molecule has 0 amide bonds. The molecule has 234 valence electrons. The van der Waals surface area contributed by atoms with E-state index in [0.717, 1.165) is 0 Å². The highest BCUT2D eigenvalue weighted by Gasteiger charge is 2.51. The minimum absolute atomic E-state index is 0.00518. The number of nitrogen functional groups attached to an aromatic ring is 1. The highest BCUT2D eigenvalue weighted by atomic mass is 31.2. The number of rotatable bonds is 9. The molecule has 0 spiro atoms. The zero-order chi connectivity index (χ0) is 30.6. The number of hydrogen-bond donors (Lipinski definition) is 8. The molecule has 43 heavy (non-hydrogen) atoms.